The molecule has 0 spiro atoms. The van der Waals surface area contributed by atoms with Gasteiger partial charge in [-0.3, -0.25) is 0 Å². The van der Waals surface area contributed by atoms with Gasteiger partial charge >= 0.3 is 0 Å². The van der Waals surface area contributed by atoms with E-state index in [-0.39, 0.29) is 11.9 Å². The normalized spacial score (nSPS) is 12.4. The number of benzene rings is 2. The van der Waals surface area contributed by atoms with Crippen molar-refractivity contribution in [1.29, 1.82) is 0 Å². The molecule has 0 radical (unpaired) electrons. The van der Waals surface area contributed by atoms with Gasteiger partial charge < -0.3 is 5.32 Å². The highest BCUT2D eigenvalue weighted by Crippen LogP contribution is 2.16. The van der Waals surface area contributed by atoms with Crippen LogP contribution in [0.25, 0.3) is 0 Å². The minimum Gasteiger partial charge on any atom is -0.306 e. The second kappa shape index (κ2) is 5.98. The molecule has 0 bridgehead atoms. The number of halogens is 2. The lowest BCUT2D eigenvalue weighted by Gasteiger charge is -2.14. The average Bonchev–Trinajstić information content (AvgIpc) is 2.38. The van der Waals surface area contributed by atoms with Crippen molar-refractivity contribution < 1.29 is 4.39 Å². The van der Waals surface area contributed by atoms with Crippen LogP contribution in [0.15, 0.2) is 48.5 Å². The van der Waals surface area contributed by atoms with Gasteiger partial charge in [0.2, 0.25) is 0 Å². The highest BCUT2D eigenvalue weighted by atomic mass is 35.5. The summed E-state index contributed by atoms with van der Waals surface area (Å²) < 4.78 is 12.8. The van der Waals surface area contributed by atoms with Crippen molar-refractivity contribution in [2.75, 3.05) is 0 Å². The lowest BCUT2D eigenvalue weighted by atomic mass is 10.1. The molecule has 94 valence electrons. The Bertz CT molecular complexity index is 493. The van der Waals surface area contributed by atoms with Gasteiger partial charge in [0, 0.05) is 17.6 Å². The summed E-state index contributed by atoms with van der Waals surface area (Å²) in [5.74, 6) is -0.204. The van der Waals surface area contributed by atoms with Gasteiger partial charge in [0.05, 0.1) is 0 Å². The zero-order chi connectivity index (χ0) is 13.0. The summed E-state index contributed by atoms with van der Waals surface area (Å²) in [5.41, 5.74) is 2.25. The fourth-order valence-corrected chi connectivity index (χ4v) is 1.87. The first-order chi connectivity index (χ1) is 8.65. The Balaban J connectivity index is 1.93. The molecule has 2 rings (SSSR count). The van der Waals surface area contributed by atoms with Crippen LogP contribution in [-0.2, 0) is 6.54 Å². The molecule has 2 aromatic carbocycles. The molecule has 3 heteroatoms. The van der Waals surface area contributed by atoms with E-state index >= 15 is 0 Å². The van der Waals surface area contributed by atoms with E-state index in [0.717, 1.165) is 10.6 Å². The molecule has 0 heterocycles. The molecule has 0 fully saturated rings. The first-order valence-corrected chi connectivity index (χ1v) is 6.26. The Kier molecular flexibility index (Phi) is 4.34. The molecular formula is C15H15ClFN. The zero-order valence-corrected chi connectivity index (χ0v) is 10.9. The number of hydrogen-bond acceptors (Lipinski definition) is 1. The fraction of sp³-hybridized carbons (Fsp3) is 0.200. The Morgan fingerprint density at radius 2 is 1.67 bits per heavy atom. The fourth-order valence-electron chi connectivity index (χ4n) is 1.74. The van der Waals surface area contributed by atoms with Crippen LogP contribution in [0.5, 0.6) is 0 Å². The van der Waals surface area contributed by atoms with E-state index in [1.54, 1.807) is 12.1 Å². The summed E-state index contributed by atoms with van der Waals surface area (Å²) in [7, 11) is 0. The van der Waals surface area contributed by atoms with Crippen LogP contribution in [0.4, 0.5) is 4.39 Å². The Hall–Kier alpha value is -1.38. The molecule has 1 atom stereocenters. The highest BCUT2D eigenvalue weighted by Gasteiger charge is 2.04. The molecule has 0 amide bonds. The molecule has 0 aliphatic rings. The first-order valence-electron chi connectivity index (χ1n) is 5.88. The van der Waals surface area contributed by atoms with Gasteiger partial charge in [-0.1, -0.05) is 35.9 Å². The van der Waals surface area contributed by atoms with Crippen molar-refractivity contribution in [2.45, 2.75) is 19.5 Å². The molecule has 0 aliphatic carbocycles. The molecule has 0 aliphatic heterocycles. The number of nitrogens with one attached hydrogen (secondary N) is 1. The molecule has 1 N–H and O–H groups in total. The second-order valence-corrected chi connectivity index (χ2v) is 4.72. The van der Waals surface area contributed by atoms with E-state index in [4.69, 9.17) is 11.6 Å². The Morgan fingerprint density at radius 3 is 2.28 bits per heavy atom. The second-order valence-electron chi connectivity index (χ2n) is 4.28. The van der Waals surface area contributed by atoms with Gasteiger partial charge in [-0.05, 0) is 42.3 Å². The van der Waals surface area contributed by atoms with E-state index < -0.39 is 0 Å². The summed E-state index contributed by atoms with van der Waals surface area (Å²) in [5, 5.41) is 4.13. The smallest absolute Gasteiger partial charge is 0.123 e. The van der Waals surface area contributed by atoms with Crippen LogP contribution in [0, 0.1) is 5.82 Å². The largest absolute Gasteiger partial charge is 0.306 e. The van der Waals surface area contributed by atoms with Crippen LogP contribution in [0.2, 0.25) is 5.02 Å². The Morgan fingerprint density at radius 1 is 1.06 bits per heavy atom. The van der Waals surface area contributed by atoms with Crippen molar-refractivity contribution >= 4 is 11.6 Å². The lowest BCUT2D eigenvalue weighted by Crippen LogP contribution is -2.17. The third-order valence-corrected chi connectivity index (χ3v) is 3.15. The predicted molar refractivity (Wildman–Crippen MR) is 73.1 cm³/mol. The van der Waals surface area contributed by atoms with Crippen LogP contribution < -0.4 is 5.32 Å². The van der Waals surface area contributed by atoms with Crippen molar-refractivity contribution in [3.05, 3.63) is 70.5 Å². The molecule has 0 saturated carbocycles. The molecule has 0 saturated heterocycles. The van der Waals surface area contributed by atoms with Gasteiger partial charge in [0.1, 0.15) is 5.82 Å². The minimum absolute atomic E-state index is 0.204. The highest BCUT2D eigenvalue weighted by molar-refractivity contribution is 6.30. The van der Waals surface area contributed by atoms with Gasteiger partial charge in [0.15, 0.2) is 0 Å². The van der Waals surface area contributed by atoms with Crippen LogP contribution in [-0.4, -0.2) is 0 Å². The van der Waals surface area contributed by atoms with Crippen LogP contribution in [0.3, 0.4) is 0 Å². The maximum absolute atomic E-state index is 12.8. The van der Waals surface area contributed by atoms with E-state index in [2.05, 4.69) is 12.2 Å². The molecule has 0 unspecified atom stereocenters. The third kappa shape index (κ3) is 3.56. The monoisotopic (exact) mass is 263 g/mol. The van der Waals surface area contributed by atoms with Crippen molar-refractivity contribution in [3.63, 3.8) is 0 Å². The molecular weight excluding hydrogens is 249 g/mol. The lowest BCUT2D eigenvalue weighted by molar-refractivity contribution is 0.573. The minimum atomic E-state index is -0.204. The van der Waals surface area contributed by atoms with E-state index in [1.807, 2.05) is 24.3 Å². The molecule has 2 aromatic rings. The summed E-state index contributed by atoms with van der Waals surface area (Å²) >= 11 is 5.85. The van der Waals surface area contributed by atoms with Gasteiger partial charge in [-0.15, -0.1) is 0 Å². The van der Waals surface area contributed by atoms with Crippen LogP contribution >= 0.6 is 11.6 Å². The summed E-state index contributed by atoms with van der Waals surface area (Å²) in [6, 6.07) is 14.5. The molecule has 18 heavy (non-hydrogen) atoms. The van der Waals surface area contributed by atoms with Gasteiger partial charge in [0.25, 0.3) is 0 Å². The quantitative estimate of drug-likeness (QED) is 0.866. The van der Waals surface area contributed by atoms with Crippen molar-refractivity contribution in [3.8, 4) is 0 Å². The summed E-state index contributed by atoms with van der Waals surface area (Å²) in [4.78, 5) is 0. The SMILES string of the molecule is C[C@H](NCc1ccc(F)cc1)c1ccc(Cl)cc1. The topological polar surface area (TPSA) is 12.0 Å². The van der Waals surface area contributed by atoms with Gasteiger partial charge in [-0.25, -0.2) is 4.39 Å². The maximum Gasteiger partial charge on any atom is 0.123 e. The molecule has 0 aromatic heterocycles. The van der Waals surface area contributed by atoms with E-state index in [0.29, 0.717) is 6.54 Å². The van der Waals surface area contributed by atoms with E-state index in [1.165, 1.54) is 17.7 Å². The first kappa shape index (κ1) is 13.1. The standard InChI is InChI=1S/C15H15ClFN/c1-11(13-4-6-14(16)7-5-13)18-10-12-2-8-15(17)9-3-12/h2-9,11,18H,10H2,1H3/t11-/m0/s1. The van der Waals surface area contributed by atoms with E-state index in [9.17, 15) is 4.39 Å². The Labute approximate surface area is 112 Å². The maximum atomic E-state index is 12.8. The van der Waals surface area contributed by atoms with Crippen LogP contribution in [0.1, 0.15) is 24.1 Å². The number of hydrogen-bond donors (Lipinski definition) is 1. The van der Waals surface area contributed by atoms with Gasteiger partial charge in [-0.2, -0.15) is 0 Å². The molecule has 1 nitrogen and oxygen atoms in total. The zero-order valence-electron chi connectivity index (χ0n) is 10.2. The summed E-state index contributed by atoms with van der Waals surface area (Å²) in [6.45, 7) is 2.80. The van der Waals surface area contributed by atoms with Crippen molar-refractivity contribution in [1.82, 2.24) is 5.32 Å². The summed E-state index contributed by atoms with van der Waals surface area (Å²) in [6.07, 6.45) is 0. The third-order valence-electron chi connectivity index (χ3n) is 2.90. The number of rotatable bonds is 4. The average molecular weight is 264 g/mol. The predicted octanol–water partition coefficient (Wildman–Crippen LogP) is 4.33. The van der Waals surface area contributed by atoms with Crippen molar-refractivity contribution in [2.24, 2.45) is 0 Å².